The molecule has 0 bridgehead atoms. The fraction of sp³-hybridized carbons (Fsp3) is 0.455. The Morgan fingerprint density at radius 2 is 1.72 bits per heavy atom. The Labute approximate surface area is 318 Å². The van der Waals surface area contributed by atoms with Gasteiger partial charge in [0.1, 0.15) is 30.4 Å². The molecule has 1 amide bonds. The average molecular weight is 739 g/mol. The van der Waals surface area contributed by atoms with E-state index in [1.54, 1.807) is 24.1 Å². The summed E-state index contributed by atoms with van der Waals surface area (Å²) in [5.74, 6) is 0.360. The number of carbonyl (C=O) groups is 1. The van der Waals surface area contributed by atoms with Crippen molar-refractivity contribution in [2.45, 2.75) is 69.1 Å². The van der Waals surface area contributed by atoms with Crippen LogP contribution in [0.4, 0.5) is 4.79 Å². The molecule has 1 heterocycles. The van der Waals surface area contributed by atoms with Crippen LogP contribution in [0.5, 0.6) is 17.2 Å². The lowest BCUT2D eigenvalue weighted by Crippen LogP contribution is -2.69. The molecule has 6 rings (SSSR count). The molecule has 0 saturated heterocycles. The zero-order valence-corrected chi connectivity index (χ0v) is 31.5. The van der Waals surface area contributed by atoms with Crippen molar-refractivity contribution in [3.63, 3.8) is 0 Å². The van der Waals surface area contributed by atoms with Crippen molar-refractivity contribution in [1.29, 1.82) is 0 Å². The number of nitrogens with zero attached hydrogens (tertiary/aromatic N) is 2. The highest BCUT2D eigenvalue weighted by Gasteiger charge is 2.65. The van der Waals surface area contributed by atoms with Gasteiger partial charge in [-0.2, -0.15) is 0 Å². The van der Waals surface area contributed by atoms with E-state index in [0.29, 0.717) is 37.2 Å². The van der Waals surface area contributed by atoms with Gasteiger partial charge in [-0.25, -0.2) is 4.79 Å². The summed E-state index contributed by atoms with van der Waals surface area (Å²) in [5, 5.41) is 26.4. The third-order valence-electron chi connectivity index (χ3n) is 11.1. The van der Waals surface area contributed by atoms with Crippen LogP contribution >= 0.6 is 0 Å². The van der Waals surface area contributed by atoms with Crippen LogP contribution in [0.1, 0.15) is 62.8 Å². The molecule has 3 aromatic carbocycles. The first-order valence-corrected chi connectivity index (χ1v) is 19.2. The highest BCUT2D eigenvalue weighted by molar-refractivity contribution is 6.03. The lowest BCUT2D eigenvalue weighted by atomic mass is 9.55. The van der Waals surface area contributed by atoms with E-state index in [4.69, 9.17) is 23.8 Å². The SMILES string of the molecule is C=CCCOC(=O)N(C)[C@H]1CC(=NOC)C2=C[C@H](CCCCO)[C@@H](CCCCO)[C@@H]3c4cc(Oc5ccc6ccccc6c5)ccc4O[C@@]1(OCC=C)[C@H]23. The number of hydrogen-bond donors (Lipinski definition) is 2. The van der Waals surface area contributed by atoms with Gasteiger partial charge < -0.3 is 38.9 Å². The summed E-state index contributed by atoms with van der Waals surface area (Å²) in [5.41, 5.74) is 2.67. The lowest BCUT2D eigenvalue weighted by Gasteiger charge is -2.59. The van der Waals surface area contributed by atoms with Gasteiger partial charge in [-0.05, 0) is 90.6 Å². The Bertz CT molecular complexity index is 1840. The molecule has 1 saturated carbocycles. The minimum atomic E-state index is -1.34. The molecule has 2 aliphatic carbocycles. The average Bonchev–Trinajstić information content (AvgIpc) is 3.18. The highest BCUT2D eigenvalue weighted by atomic mass is 16.7. The number of amides is 1. The summed E-state index contributed by atoms with van der Waals surface area (Å²) in [6.45, 7) is 8.34. The lowest BCUT2D eigenvalue weighted by molar-refractivity contribution is -0.253. The van der Waals surface area contributed by atoms with Crippen molar-refractivity contribution < 1.29 is 38.8 Å². The second kappa shape index (κ2) is 18.1. The Morgan fingerprint density at radius 1 is 0.981 bits per heavy atom. The minimum absolute atomic E-state index is 0.0988. The fourth-order valence-corrected chi connectivity index (χ4v) is 8.73. The number of likely N-dealkylation sites (N-methyl/N-ethyl adjacent to an activating group) is 1. The minimum Gasteiger partial charge on any atom is -0.459 e. The fourth-order valence-electron chi connectivity index (χ4n) is 8.73. The summed E-state index contributed by atoms with van der Waals surface area (Å²) < 4.78 is 26.3. The quantitative estimate of drug-likeness (QED) is 0.0758. The number of aliphatic hydroxyl groups is 2. The Morgan fingerprint density at radius 3 is 2.46 bits per heavy atom. The first kappa shape index (κ1) is 39.1. The molecule has 6 atom stereocenters. The molecule has 10 heteroatoms. The number of fused-ring (bicyclic) bond motifs is 3. The van der Waals surface area contributed by atoms with Crippen LogP contribution in [-0.2, 0) is 14.3 Å². The number of rotatable bonds is 18. The van der Waals surface area contributed by atoms with Gasteiger partial charge in [0.15, 0.2) is 0 Å². The van der Waals surface area contributed by atoms with Crippen LogP contribution in [0, 0.1) is 17.8 Å². The molecule has 0 aromatic heterocycles. The molecule has 1 aliphatic heterocycles. The van der Waals surface area contributed by atoms with Crippen LogP contribution in [-0.4, -0.2) is 79.3 Å². The zero-order valence-electron chi connectivity index (χ0n) is 31.5. The topological polar surface area (TPSA) is 119 Å². The molecule has 10 nitrogen and oxygen atoms in total. The predicted molar refractivity (Wildman–Crippen MR) is 210 cm³/mol. The molecular weight excluding hydrogens is 684 g/mol. The van der Waals surface area contributed by atoms with E-state index >= 15 is 0 Å². The van der Waals surface area contributed by atoms with Crippen molar-refractivity contribution in [2.75, 3.05) is 40.6 Å². The number of carbonyl (C=O) groups excluding carboxylic acids is 1. The Kier molecular flexibility index (Phi) is 13.1. The first-order chi connectivity index (χ1) is 26.4. The van der Waals surface area contributed by atoms with Gasteiger partial charge in [-0.1, -0.05) is 66.6 Å². The van der Waals surface area contributed by atoms with Crippen LogP contribution in [0.3, 0.4) is 0 Å². The number of aliphatic hydroxyl groups excluding tert-OH is 2. The third kappa shape index (κ3) is 8.06. The van der Waals surface area contributed by atoms with E-state index in [9.17, 15) is 15.0 Å². The normalized spacial score (nSPS) is 24.8. The van der Waals surface area contributed by atoms with E-state index in [2.05, 4.69) is 48.7 Å². The van der Waals surface area contributed by atoms with Crippen LogP contribution in [0.2, 0.25) is 0 Å². The maximum Gasteiger partial charge on any atom is 0.409 e. The van der Waals surface area contributed by atoms with Crippen LogP contribution in [0.25, 0.3) is 10.8 Å². The zero-order chi connectivity index (χ0) is 38.1. The standard InChI is InChI=1S/C44H54N2O8/c1-5-7-25-51-43(49)46(3)40-29-38(45-50-4)36-27-32(16-10-12-22-47)35(17-11-13-23-48)41-37-28-34(53-33-19-18-30-14-8-9-15-31(30)26-33)20-21-39(37)54-44(40,42(36)41)52-24-6-2/h5-6,8-9,14-15,18-21,26-28,32,35,40-42,47-48H,1-2,7,10-13,16-17,22-25,29H2,3-4H3/t32-,35+,40-,41+,42+,44+/m0/s1. The van der Waals surface area contributed by atoms with Crippen molar-refractivity contribution in [3.8, 4) is 17.2 Å². The van der Waals surface area contributed by atoms with E-state index in [1.165, 1.54) is 7.11 Å². The maximum absolute atomic E-state index is 13.7. The van der Waals surface area contributed by atoms with Gasteiger partial charge in [0, 0.05) is 38.2 Å². The van der Waals surface area contributed by atoms with Gasteiger partial charge >= 0.3 is 6.09 Å². The second-order valence-electron chi connectivity index (χ2n) is 14.4. The largest absolute Gasteiger partial charge is 0.459 e. The number of unbranched alkanes of at least 4 members (excludes halogenated alkanes) is 2. The van der Waals surface area contributed by atoms with Crippen molar-refractivity contribution in [2.24, 2.45) is 22.9 Å². The summed E-state index contributed by atoms with van der Waals surface area (Å²) in [7, 11) is 3.25. The Balaban J connectivity index is 1.52. The summed E-state index contributed by atoms with van der Waals surface area (Å²) in [6.07, 6.45) is 10.8. The second-order valence-corrected chi connectivity index (χ2v) is 14.4. The maximum atomic E-state index is 13.7. The Hall–Kier alpha value is -4.64. The monoisotopic (exact) mass is 738 g/mol. The molecule has 3 aromatic rings. The van der Waals surface area contributed by atoms with Gasteiger partial charge in [0.25, 0.3) is 0 Å². The van der Waals surface area contributed by atoms with Gasteiger partial charge in [-0.3, -0.25) is 0 Å². The number of hydrogen-bond acceptors (Lipinski definition) is 9. The first-order valence-electron chi connectivity index (χ1n) is 19.2. The smallest absolute Gasteiger partial charge is 0.409 e. The molecule has 2 N–H and O–H groups in total. The summed E-state index contributed by atoms with van der Waals surface area (Å²) in [6, 6.07) is 19.6. The van der Waals surface area contributed by atoms with Crippen LogP contribution < -0.4 is 9.47 Å². The summed E-state index contributed by atoms with van der Waals surface area (Å²) in [4.78, 5) is 20.7. The molecule has 0 radical (unpaired) electrons. The highest BCUT2D eigenvalue weighted by Crippen LogP contribution is 2.62. The number of allylic oxidation sites excluding steroid dienone is 1. The van der Waals surface area contributed by atoms with Crippen molar-refractivity contribution in [3.05, 3.63) is 103 Å². The van der Waals surface area contributed by atoms with Crippen molar-refractivity contribution in [1.82, 2.24) is 4.90 Å². The molecule has 54 heavy (non-hydrogen) atoms. The number of oxime groups is 1. The van der Waals surface area contributed by atoms with Crippen LogP contribution in [0.15, 0.2) is 103 Å². The van der Waals surface area contributed by atoms with E-state index in [-0.39, 0.29) is 44.2 Å². The van der Waals surface area contributed by atoms with E-state index in [1.807, 2.05) is 36.4 Å². The molecule has 3 aliphatic rings. The molecule has 1 fully saturated rings. The van der Waals surface area contributed by atoms with Gasteiger partial charge in [0.05, 0.1) is 24.8 Å². The van der Waals surface area contributed by atoms with Gasteiger partial charge in [0.2, 0.25) is 5.79 Å². The third-order valence-corrected chi connectivity index (χ3v) is 11.1. The number of benzene rings is 3. The summed E-state index contributed by atoms with van der Waals surface area (Å²) >= 11 is 0. The molecular formula is C44H54N2O8. The predicted octanol–water partition coefficient (Wildman–Crippen LogP) is 8.54. The molecule has 288 valence electrons. The van der Waals surface area contributed by atoms with E-state index < -0.39 is 23.8 Å². The van der Waals surface area contributed by atoms with Gasteiger partial charge in [-0.15, -0.1) is 13.2 Å². The molecule has 0 unspecified atom stereocenters. The molecule has 0 spiro atoms. The number of ether oxygens (including phenoxy) is 4. The van der Waals surface area contributed by atoms with Crippen molar-refractivity contribution >= 4 is 22.6 Å². The van der Waals surface area contributed by atoms with E-state index in [0.717, 1.165) is 59.1 Å².